The second-order valence-corrected chi connectivity index (χ2v) is 7.25. The summed E-state index contributed by atoms with van der Waals surface area (Å²) in [5.41, 5.74) is 1.28. The fraction of sp³-hybridized carbons (Fsp3) is 0.261. The normalized spacial score (nSPS) is 15.7. The lowest BCUT2D eigenvalue weighted by Gasteiger charge is -2.39. The largest absolute Gasteiger partial charge is 0.468 e. The summed E-state index contributed by atoms with van der Waals surface area (Å²) in [4.78, 5) is 16.9. The van der Waals surface area contributed by atoms with Crippen molar-refractivity contribution >= 4 is 11.6 Å². The summed E-state index contributed by atoms with van der Waals surface area (Å²) in [7, 11) is 0. The number of rotatable bonds is 6. The highest BCUT2D eigenvalue weighted by molar-refractivity contribution is 5.94. The highest BCUT2D eigenvalue weighted by Gasteiger charge is 2.27. The van der Waals surface area contributed by atoms with Gasteiger partial charge in [-0.05, 0) is 54.6 Å². The van der Waals surface area contributed by atoms with Gasteiger partial charge in [-0.25, -0.2) is 8.78 Å². The van der Waals surface area contributed by atoms with Gasteiger partial charge in [0.15, 0.2) is 0 Å². The lowest BCUT2D eigenvalue weighted by molar-refractivity contribution is 0.0922. The third-order valence-electron chi connectivity index (χ3n) is 5.36. The molecule has 1 saturated heterocycles. The fourth-order valence-electron chi connectivity index (χ4n) is 3.76. The van der Waals surface area contributed by atoms with Crippen molar-refractivity contribution in [1.29, 1.82) is 0 Å². The lowest BCUT2D eigenvalue weighted by atomic mass is 10.1. The van der Waals surface area contributed by atoms with Crippen LogP contribution in [0.5, 0.6) is 0 Å². The van der Waals surface area contributed by atoms with Crippen molar-refractivity contribution in [2.24, 2.45) is 0 Å². The highest BCUT2D eigenvalue weighted by Crippen LogP contribution is 2.24. The van der Waals surface area contributed by atoms with Crippen LogP contribution in [0.2, 0.25) is 0 Å². The summed E-state index contributed by atoms with van der Waals surface area (Å²) in [6, 6.07) is 15.7. The first-order valence-electron chi connectivity index (χ1n) is 9.92. The average molecular weight is 411 g/mol. The van der Waals surface area contributed by atoms with Gasteiger partial charge >= 0.3 is 0 Å². The van der Waals surface area contributed by atoms with E-state index in [0.717, 1.165) is 37.6 Å². The second-order valence-electron chi connectivity index (χ2n) is 7.25. The molecule has 0 radical (unpaired) electrons. The maximum absolute atomic E-state index is 13.4. The summed E-state index contributed by atoms with van der Waals surface area (Å²) in [6.07, 6.45) is 1.62. The summed E-state index contributed by atoms with van der Waals surface area (Å²) < 4.78 is 32.2. The second kappa shape index (κ2) is 9.09. The van der Waals surface area contributed by atoms with Crippen LogP contribution in [0.4, 0.5) is 14.5 Å². The molecule has 1 aromatic heterocycles. The Morgan fingerprint density at radius 3 is 2.40 bits per heavy atom. The smallest absolute Gasteiger partial charge is 0.251 e. The molecule has 0 spiro atoms. The van der Waals surface area contributed by atoms with E-state index in [2.05, 4.69) is 15.1 Å². The number of furan rings is 1. The zero-order valence-corrected chi connectivity index (χ0v) is 16.4. The summed E-state index contributed by atoms with van der Waals surface area (Å²) in [5, 5.41) is 2.90. The van der Waals surface area contributed by atoms with Crippen LogP contribution in [0.15, 0.2) is 71.3 Å². The molecule has 1 aliphatic heterocycles. The number of anilines is 1. The Morgan fingerprint density at radius 1 is 0.967 bits per heavy atom. The Bertz CT molecular complexity index is 968. The summed E-state index contributed by atoms with van der Waals surface area (Å²) in [6.45, 7) is 3.43. The summed E-state index contributed by atoms with van der Waals surface area (Å²) >= 11 is 0. The molecule has 30 heavy (non-hydrogen) atoms. The molecule has 2 aromatic carbocycles. The van der Waals surface area contributed by atoms with Crippen molar-refractivity contribution in [3.8, 4) is 0 Å². The van der Waals surface area contributed by atoms with E-state index in [1.54, 1.807) is 24.5 Å². The molecule has 1 fully saturated rings. The zero-order chi connectivity index (χ0) is 20.9. The van der Waals surface area contributed by atoms with E-state index in [1.807, 2.05) is 12.1 Å². The molecule has 2 heterocycles. The Hall–Kier alpha value is -3.19. The Kier molecular flexibility index (Phi) is 6.09. The van der Waals surface area contributed by atoms with Gasteiger partial charge in [-0.2, -0.15) is 0 Å². The first-order valence-corrected chi connectivity index (χ1v) is 9.92. The molecule has 1 aliphatic rings. The minimum atomic E-state index is -0.442. The minimum absolute atomic E-state index is 0.132. The molecule has 156 valence electrons. The molecule has 1 atom stereocenters. The number of carbonyl (C=O) groups excluding carboxylic acids is 1. The predicted octanol–water partition coefficient (Wildman–Crippen LogP) is 3.85. The maximum atomic E-state index is 13.4. The third kappa shape index (κ3) is 4.68. The molecular formula is C23H23F2N3O2. The van der Waals surface area contributed by atoms with Gasteiger partial charge in [0.2, 0.25) is 0 Å². The molecule has 0 saturated carbocycles. The quantitative estimate of drug-likeness (QED) is 0.669. The van der Waals surface area contributed by atoms with Crippen molar-refractivity contribution < 1.29 is 18.0 Å². The Balaban J connectivity index is 1.41. The first-order chi connectivity index (χ1) is 14.6. The van der Waals surface area contributed by atoms with Crippen molar-refractivity contribution in [3.05, 3.63) is 89.9 Å². The van der Waals surface area contributed by atoms with Crippen LogP contribution < -0.4 is 10.2 Å². The number of hydrogen-bond acceptors (Lipinski definition) is 4. The first kappa shape index (κ1) is 20.1. The van der Waals surface area contributed by atoms with Gasteiger partial charge in [-0.3, -0.25) is 9.69 Å². The lowest BCUT2D eigenvalue weighted by Crippen LogP contribution is -2.49. The van der Waals surface area contributed by atoms with Crippen molar-refractivity contribution in [2.75, 3.05) is 37.6 Å². The van der Waals surface area contributed by atoms with Gasteiger partial charge in [-0.1, -0.05) is 6.07 Å². The molecule has 1 N–H and O–H groups in total. The van der Waals surface area contributed by atoms with Crippen LogP contribution in [0.3, 0.4) is 0 Å². The van der Waals surface area contributed by atoms with Crippen LogP contribution in [0.25, 0.3) is 0 Å². The number of halogens is 2. The SMILES string of the molecule is O=C(NCC(c1ccco1)N1CCN(c2ccc(F)cc2)CC1)c1cccc(F)c1. The van der Waals surface area contributed by atoms with E-state index in [4.69, 9.17) is 4.42 Å². The molecule has 1 unspecified atom stereocenters. The van der Waals surface area contributed by atoms with Crippen molar-refractivity contribution in [1.82, 2.24) is 10.2 Å². The molecule has 3 aromatic rings. The number of piperazine rings is 1. The highest BCUT2D eigenvalue weighted by atomic mass is 19.1. The molecule has 4 rings (SSSR count). The van der Waals surface area contributed by atoms with Crippen LogP contribution in [0.1, 0.15) is 22.2 Å². The zero-order valence-electron chi connectivity index (χ0n) is 16.4. The van der Waals surface area contributed by atoms with Gasteiger partial charge < -0.3 is 14.6 Å². The van der Waals surface area contributed by atoms with Gasteiger partial charge in [0.05, 0.1) is 12.3 Å². The minimum Gasteiger partial charge on any atom is -0.468 e. The van der Waals surface area contributed by atoms with Crippen LogP contribution >= 0.6 is 0 Å². The van der Waals surface area contributed by atoms with Gasteiger partial charge in [-0.15, -0.1) is 0 Å². The van der Waals surface area contributed by atoms with E-state index < -0.39 is 5.82 Å². The van der Waals surface area contributed by atoms with E-state index in [9.17, 15) is 13.6 Å². The number of carbonyl (C=O) groups is 1. The van der Waals surface area contributed by atoms with Gasteiger partial charge in [0, 0.05) is 44.0 Å². The fourth-order valence-corrected chi connectivity index (χ4v) is 3.76. The van der Waals surface area contributed by atoms with E-state index >= 15 is 0 Å². The standard InChI is InChI=1S/C23H23F2N3O2/c24-18-6-8-20(9-7-18)27-10-12-28(13-11-27)21(22-5-2-14-30-22)16-26-23(29)17-3-1-4-19(25)15-17/h1-9,14-15,21H,10-13,16H2,(H,26,29). The van der Waals surface area contributed by atoms with E-state index in [0.29, 0.717) is 6.54 Å². The Morgan fingerprint density at radius 2 is 1.73 bits per heavy atom. The molecule has 0 aliphatic carbocycles. The number of nitrogens with one attached hydrogen (secondary N) is 1. The topological polar surface area (TPSA) is 48.7 Å². The summed E-state index contributed by atoms with van der Waals surface area (Å²) in [5.74, 6) is -0.243. The van der Waals surface area contributed by atoms with Crippen molar-refractivity contribution in [2.45, 2.75) is 6.04 Å². The predicted molar refractivity (Wildman–Crippen MR) is 110 cm³/mol. The molecule has 1 amide bonds. The van der Waals surface area contributed by atoms with Gasteiger partial charge in [0.1, 0.15) is 17.4 Å². The van der Waals surface area contributed by atoms with Gasteiger partial charge in [0.25, 0.3) is 5.91 Å². The van der Waals surface area contributed by atoms with E-state index in [-0.39, 0.29) is 23.3 Å². The maximum Gasteiger partial charge on any atom is 0.251 e. The van der Waals surface area contributed by atoms with E-state index in [1.165, 1.54) is 30.3 Å². The van der Waals surface area contributed by atoms with Crippen LogP contribution in [0, 0.1) is 11.6 Å². The van der Waals surface area contributed by atoms with Crippen molar-refractivity contribution in [3.63, 3.8) is 0 Å². The Labute approximate surface area is 173 Å². The monoisotopic (exact) mass is 411 g/mol. The number of hydrogen-bond donors (Lipinski definition) is 1. The number of benzene rings is 2. The molecule has 0 bridgehead atoms. The molecule has 5 nitrogen and oxygen atoms in total. The molecule has 7 heteroatoms. The molecular weight excluding hydrogens is 388 g/mol. The average Bonchev–Trinajstić information content (AvgIpc) is 3.29. The number of nitrogens with zero attached hydrogens (tertiary/aromatic N) is 2. The number of amides is 1. The third-order valence-corrected chi connectivity index (χ3v) is 5.36. The van der Waals surface area contributed by atoms with Crippen LogP contribution in [-0.2, 0) is 0 Å². The van der Waals surface area contributed by atoms with Crippen LogP contribution in [-0.4, -0.2) is 43.5 Å².